The Morgan fingerprint density at radius 3 is 2.02 bits per heavy atom. The summed E-state index contributed by atoms with van der Waals surface area (Å²) in [5.41, 5.74) is 9.24. The number of carbonyl (C=O) groups is 6. The molecule has 30 heteroatoms. The molecule has 10 bridgehead atoms. The van der Waals surface area contributed by atoms with Gasteiger partial charge in [0.2, 0.25) is 11.8 Å². The van der Waals surface area contributed by atoms with Gasteiger partial charge in [-0.3, -0.25) is 33.7 Å². The van der Waals surface area contributed by atoms with Crippen LogP contribution in [0.4, 0.5) is 0 Å². The standard InChI is InChI=1S/C64H65N15O9S6/c1-33-47(81)27-79-52(33)62-72-45(31-93-62)59-69-42(28-90-59)50-38(15-16-39(66-50)58-73-46(32-91-58)63(87)78-23-21-77(22-24-78)20-19-76-17-7-4-8-18-76)57-70-43(29-89-57)54(84)67-40(26-48(65)82)60-75-49(34(2)94-60)56(86)74-51(53(83)36-9-5-3-6-10-36)61-71-44(30-92-61)55(85)68-41(64(79)88)25-35-11-13-37(80)14-12-35/h3,5-6,9-16,28-33,40-41,47,51-53,80-81,83H,4,7-8,17-27H2,1-2H3,(H2,65,82)(H,67,84)(H,68,85)(H,74,86)/t33-,40-,41+,47-,51-,52+,53+/m0/s1. The van der Waals surface area contributed by atoms with Crippen LogP contribution in [0.3, 0.4) is 0 Å². The number of thiazole rings is 6. The fourth-order valence-electron chi connectivity index (χ4n) is 12.1. The summed E-state index contributed by atoms with van der Waals surface area (Å²) in [5.74, 6) is -4.08. The monoisotopic (exact) mass is 1380 g/mol. The lowest BCUT2D eigenvalue weighted by Gasteiger charge is -2.36. The molecule has 9 aromatic rings. The van der Waals surface area contributed by atoms with Crippen LogP contribution in [0.25, 0.3) is 43.4 Å². The highest BCUT2D eigenvalue weighted by molar-refractivity contribution is 7.15. The fourth-order valence-corrected chi connectivity index (χ4v) is 17.4. The second-order valence-corrected chi connectivity index (χ2v) is 29.2. The molecule has 0 radical (unpaired) electrons. The molecule has 4 aliphatic rings. The Bertz CT molecular complexity index is 4270. The highest BCUT2D eigenvalue weighted by Gasteiger charge is 2.46. The summed E-state index contributed by atoms with van der Waals surface area (Å²) in [4.78, 5) is 129. The van der Waals surface area contributed by atoms with E-state index in [1.807, 2.05) is 28.7 Å². The summed E-state index contributed by atoms with van der Waals surface area (Å²) in [6.45, 7) is 10.5. The van der Waals surface area contributed by atoms with Gasteiger partial charge in [0, 0.05) is 95.5 Å². The number of aromatic hydroxyl groups is 1. The topological polar surface area (TPSA) is 328 Å². The summed E-state index contributed by atoms with van der Waals surface area (Å²) in [5, 5.41) is 53.1. The number of phenols is 1. The fraction of sp³-hybridized carbons (Fsp3) is 0.359. The summed E-state index contributed by atoms with van der Waals surface area (Å²) >= 11 is 7.12. The van der Waals surface area contributed by atoms with Gasteiger partial charge in [-0.2, -0.15) is 0 Å². The number of phenolic OH excluding ortho intramolecular Hbond substituents is 1. The summed E-state index contributed by atoms with van der Waals surface area (Å²) in [7, 11) is 0. The first-order valence-corrected chi connectivity index (χ1v) is 35.9. The largest absolute Gasteiger partial charge is 0.508 e. The zero-order valence-electron chi connectivity index (χ0n) is 50.9. The molecular weight excluding hydrogens is 1320 g/mol. The lowest BCUT2D eigenvalue weighted by Crippen LogP contribution is -2.50. The molecule has 24 nitrogen and oxygen atoms in total. The third-order valence-corrected chi connectivity index (χ3v) is 22.8. The maximum atomic E-state index is 15.2. The number of piperazine rings is 1. The Morgan fingerprint density at radius 1 is 0.628 bits per heavy atom. The van der Waals surface area contributed by atoms with E-state index in [2.05, 4.69) is 35.7 Å². The van der Waals surface area contributed by atoms with E-state index in [9.17, 15) is 39.3 Å². The number of rotatable bonds is 11. The number of fused-ring (bicyclic) bond motifs is 16. The van der Waals surface area contributed by atoms with Crippen LogP contribution in [0, 0.1) is 12.8 Å². The molecule has 6 amide bonds. The molecule has 486 valence electrons. The van der Waals surface area contributed by atoms with Crippen LogP contribution in [0.15, 0.2) is 93.6 Å². The molecular formula is C64H65N15O9S6. The molecule has 0 aliphatic carbocycles. The minimum atomic E-state index is -1.41. The van der Waals surface area contributed by atoms with Crippen molar-refractivity contribution in [1.29, 1.82) is 0 Å². The van der Waals surface area contributed by atoms with E-state index in [-0.39, 0.29) is 58.1 Å². The number of benzene rings is 2. The average Bonchev–Trinajstić information content (AvgIpc) is 1.62. The molecule has 0 unspecified atom stereocenters. The lowest BCUT2D eigenvalue weighted by atomic mass is 10.00. The third-order valence-electron chi connectivity index (χ3n) is 17.3. The second-order valence-electron chi connectivity index (χ2n) is 23.6. The normalized spacial score (nSPS) is 21.3. The summed E-state index contributed by atoms with van der Waals surface area (Å²) < 4.78 is 0. The van der Waals surface area contributed by atoms with Crippen molar-refractivity contribution in [3.8, 4) is 49.1 Å². The van der Waals surface area contributed by atoms with Gasteiger partial charge in [-0.15, -0.1) is 68.0 Å². The van der Waals surface area contributed by atoms with Crippen molar-refractivity contribution in [2.24, 2.45) is 11.7 Å². The number of nitrogens with one attached hydrogen (secondary N) is 3. The molecule has 7 atom stereocenters. The zero-order valence-corrected chi connectivity index (χ0v) is 55.8. The maximum absolute atomic E-state index is 15.2. The van der Waals surface area contributed by atoms with E-state index >= 15 is 4.79 Å². The first-order valence-electron chi connectivity index (χ1n) is 30.7. The molecule has 3 saturated heterocycles. The van der Waals surface area contributed by atoms with Gasteiger partial charge in [0.05, 0.1) is 30.3 Å². The smallest absolute Gasteiger partial charge is 0.273 e. The first kappa shape index (κ1) is 64.5. The quantitative estimate of drug-likeness (QED) is 0.0658. The van der Waals surface area contributed by atoms with E-state index < -0.39 is 71.8 Å². The number of primary amides is 1. The van der Waals surface area contributed by atoms with Gasteiger partial charge in [-0.05, 0) is 68.2 Å². The number of aliphatic hydroxyl groups is 2. The predicted octanol–water partition coefficient (Wildman–Crippen LogP) is 7.53. The number of nitrogens with zero attached hydrogens (tertiary/aromatic N) is 11. The zero-order chi connectivity index (χ0) is 65.3. The Balaban J connectivity index is 0.856. The minimum Gasteiger partial charge on any atom is -0.508 e. The Morgan fingerprint density at radius 2 is 1.27 bits per heavy atom. The first-order chi connectivity index (χ1) is 45.5. The van der Waals surface area contributed by atoms with Gasteiger partial charge >= 0.3 is 0 Å². The lowest BCUT2D eigenvalue weighted by molar-refractivity contribution is -0.134. The minimum absolute atomic E-state index is 0.000667. The van der Waals surface area contributed by atoms with E-state index in [4.69, 9.17) is 30.7 Å². The van der Waals surface area contributed by atoms with Gasteiger partial charge in [0.1, 0.15) is 93.8 Å². The van der Waals surface area contributed by atoms with Crippen LogP contribution < -0.4 is 21.7 Å². The van der Waals surface area contributed by atoms with E-state index in [1.54, 1.807) is 66.2 Å². The van der Waals surface area contributed by atoms with Crippen LogP contribution in [0.2, 0.25) is 0 Å². The van der Waals surface area contributed by atoms with Gasteiger partial charge in [-0.1, -0.05) is 55.8 Å². The Hall–Kier alpha value is -8.17. The molecule has 4 aliphatic heterocycles. The SMILES string of the molecule is Cc1sc2nc1C(=O)N[C@@H]([C@H](O)c1ccccc1)c1nc(cs1)C(=O)N[C@H](Cc1ccc(O)cc1)C(=O)N1C[C@H](O)[C@H](C)[C@@H]1c1nc(cs1)-c1nc(cs1)-c1nc(-c3nc(C(=O)N4CCN(CCN5CCCCC5)CC4)cs3)ccc1-c1nc(cs1)C(=O)N[C@H]2CC(N)=O. The average molecular weight is 1380 g/mol. The van der Waals surface area contributed by atoms with Gasteiger partial charge in [0.15, 0.2) is 0 Å². The number of aliphatic hydroxyl groups excluding tert-OH is 2. The van der Waals surface area contributed by atoms with E-state index in [0.29, 0.717) is 83.2 Å². The van der Waals surface area contributed by atoms with Crippen molar-refractivity contribution >= 4 is 103 Å². The molecule has 0 spiro atoms. The highest BCUT2D eigenvalue weighted by atomic mass is 32.1. The van der Waals surface area contributed by atoms with E-state index in [0.717, 1.165) is 61.9 Å². The van der Waals surface area contributed by atoms with Crippen molar-refractivity contribution in [3.05, 3.63) is 147 Å². The number of pyridine rings is 1. The molecule has 8 N–H and O–H groups in total. The Labute approximate surface area is 563 Å². The number of nitrogens with two attached hydrogens (primary N) is 1. The number of likely N-dealkylation sites (tertiary alicyclic amines) is 1. The Kier molecular flexibility index (Phi) is 19.2. The van der Waals surface area contributed by atoms with Crippen LogP contribution in [-0.4, -0.2) is 176 Å². The van der Waals surface area contributed by atoms with Crippen molar-refractivity contribution in [2.75, 3.05) is 58.9 Å². The third kappa shape index (κ3) is 14.0. The van der Waals surface area contributed by atoms with Crippen molar-refractivity contribution in [2.45, 2.75) is 82.3 Å². The number of carbonyl (C=O) groups excluding carboxylic acids is 6. The van der Waals surface area contributed by atoms with E-state index in [1.165, 1.54) is 87.0 Å². The molecule has 2 aromatic carbocycles. The molecule has 13 rings (SSSR count). The molecule has 11 heterocycles. The van der Waals surface area contributed by atoms with Crippen molar-refractivity contribution < 1.29 is 44.1 Å². The maximum Gasteiger partial charge on any atom is 0.273 e. The summed E-state index contributed by atoms with van der Waals surface area (Å²) in [6, 6.07) is 14.0. The predicted molar refractivity (Wildman–Crippen MR) is 359 cm³/mol. The molecule has 7 aromatic heterocycles. The number of piperidine rings is 1. The van der Waals surface area contributed by atoms with Crippen LogP contribution in [0.1, 0.15) is 130 Å². The molecule has 3 fully saturated rings. The molecule has 0 saturated carbocycles. The van der Waals surface area contributed by atoms with Crippen LogP contribution in [0.5, 0.6) is 5.75 Å². The second kappa shape index (κ2) is 28.0. The number of aromatic nitrogens is 7. The van der Waals surface area contributed by atoms with Crippen LogP contribution in [-0.2, 0) is 16.0 Å². The number of hydrogen-bond acceptors (Lipinski definition) is 24. The van der Waals surface area contributed by atoms with Crippen LogP contribution >= 0.6 is 68.0 Å². The van der Waals surface area contributed by atoms with Gasteiger partial charge in [0.25, 0.3) is 23.6 Å². The molecule has 94 heavy (non-hydrogen) atoms. The van der Waals surface area contributed by atoms with Gasteiger partial charge in [-0.25, -0.2) is 34.9 Å². The summed E-state index contributed by atoms with van der Waals surface area (Å²) in [6.07, 6.45) is 0.997. The number of hydrogen-bond donors (Lipinski definition) is 7. The highest BCUT2D eigenvalue weighted by Crippen LogP contribution is 2.43. The van der Waals surface area contributed by atoms with Crippen molar-refractivity contribution in [1.82, 2.24) is 70.4 Å². The van der Waals surface area contributed by atoms with Crippen molar-refractivity contribution in [3.63, 3.8) is 0 Å². The van der Waals surface area contributed by atoms with Gasteiger partial charge < -0.3 is 51.7 Å². The number of aryl methyl sites for hydroxylation is 1. The number of amides is 6.